The molecule has 0 aliphatic rings. The molecule has 0 fully saturated rings. The predicted octanol–water partition coefficient (Wildman–Crippen LogP) is -1.44. The molecule has 0 atom stereocenters. The van der Waals surface area contributed by atoms with E-state index in [1.165, 1.54) is 9.25 Å². The van der Waals surface area contributed by atoms with Gasteiger partial charge in [-0.2, -0.15) is 5.10 Å². The number of rotatable bonds is 2. The molecule has 0 unspecified atom stereocenters. The van der Waals surface area contributed by atoms with E-state index in [4.69, 9.17) is 10.0 Å². The van der Waals surface area contributed by atoms with Crippen LogP contribution < -0.4 is 11.2 Å². The van der Waals surface area contributed by atoms with E-state index in [1.54, 1.807) is 38.2 Å². The zero-order chi connectivity index (χ0) is 12.6. The third kappa shape index (κ3) is 2.02. The second-order valence-corrected chi connectivity index (χ2v) is 3.75. The molecule has 0 saturated heterocycles. The van der Waals surface area contributed by atoms with Gasteiger partial charge < -0.3 is 10.0 Å². The molecule has 0 bridgehead atoms. The van der Waals surface area contributed by atoms with Gasteiger partial charge >= 0.3 is 12.8 Å². The van der Waals surface area contributed by atoms with Gasteiger partial charge in [-0.15, -0.1) is 0 Å². The summed E-state index contributed by atoms with van der Waals surface area (Å²) in [4.78, 5) is 11.8. The van der Waals surface area contributed by atoms with Gasteiger partial charge in [0, 0.05) is 7.05 Å². The van der Waals surface area contributed by atoms with Gasteiger partial charge in [0.05, 0.1) is 5.69 Å². The number of benzene rings is 1. The van der Waals surface area contributed by atoms with Crippen LogP contribution in [0.15, 0.2) is 29.1 Å². The molecule has 1 aromatic heterocycles. The van der Waals surface area contributed by atoms with E-state index in [0.717, 1.165) is 0 Å². The second kappa shape index (κ2) is 4.19. The van der Waals surface area contributed by atoms with Crippen molar-refractivity contribution < 1.29 is 10.0 Å². The van der Waals surface area contributed by atoms with Crippen LogP contribution in [0.3, 0.4) is 0 Å². The van der Waals surface area contributed by atoms with E-state index >= 15 is 0 Å². The third-order valence-electron chi connectivity index (χ3n) is 2.54. The minimum absolute atomic E-state index is 0.236. The molecular weight excluding hydrogens is 221 g/mol. The average Bonchev–Trinajstić information content (AvgIpc) is 2.53. The molecule has 1 aromatic carbocycles. The lowest BCUT2D eigenvalue weighted by Gasteiger charge is -2.04. The van der Waals surface area contributed by atoms with E-state index in [1.807, 2.05) is 0 Å². The van der Waals surface area contributed by atoms with Crippen LogP contribution in [0.25, 0.3) is 5.69 Å². The zero-order valence-electron chi connectivity index (χ0n) is 9.53. The quantitative estimate of drug-likeness (QED) is 0.622. The zero-order valence-corrected chi connectivity index (χ0v) is 9.53. The van der Waals surface area contributed by atoms with Gasteiger partial charge in [-0.3, -0.25) is 0 Å². The fourth-order valence-corrected chi connectivity index (χ4v) is 1.68. The lowest BCUT2D eigenvalue weighted by Crippen LogP contribution is -2.30. The standard InChI is InChI=1S/C10H12BN3O3/c1-7-12-13(2)10(15)14(7)9-5-3-8(4-6-9)11(16)17/h3-6,16-17H,1-2H3. The van der Waals surface area contributed by atoms with Crippen molar-refractivity contribution in [1.29, 1.82) is 0 Å². The van der Waals surface area contributed by atoms with Crippen LogP contribution in [-0.4, -0.2) is 31.5 Å². The summed E-state index contributed by atoms with van der Waals surface area (Å²) in [6, 6.07) is 6.40. The molecule has 2 rings (SSSR count). The van der Waals surface area contributed by atoms with E-state index in [2.05, 4.69) is 5.10 Å². The van der Waals surface area contributed by atoms with Crippen molar-refractivity contribution in [3.05, 3.63) is 40.6 Å². The van der Waals surface area contributed by atoms with Crippen molar-refractivity contribution >= 4 is 12.6 Å². The molecule has 6 nitrogen and oxygen atoms in total. The first kappa shape index (κ1) is 11.6. The molecule has 88 valence electrons. The van der Waals surface area contributed by atoms with E-state index < -0.39 is 7.12 Å². The number of hydrogen-bond donors (Lipinski definition) is 2. The SMILES string of the molecule is Cc1nn(C)c(=O)n1-c1ccc(B(O)O)cc1. The van der Waals surface area contributed by atoms with Crippen molar-refractivity contribution in [2.45, 2.75) is 6.92 Å². The van der Waals surface area contributed by atoms with Crippen LogP contribution in [0.4, 0.5) is 0 Å². The van der Waals surface area contributed by atoms with Gasteiger partial charge in [0.25, 0.3) is 0 Å². The van der Waals surface area contributed by atoms with Gasteiger partial charge in [-0.05, 0) is 24.5 Å². The van der Waals surface area contributed by atoms with Gasteiger partial charge in [0.1, 0.15) is 5.82 Å². The highest BCUT2D eigenvalue weighted by Gasteiger charge is 2.12. The van der Waals surface area contributed by atoms with Gasteiger partial charge in [0.2, 0.25) is 0 Å². The molecule has 0 radical (unpaired) electrons. The van der Waals surface area contributed by atoms with Crippen molar-refractivity contribution in [1.82, 2.24) is 14.3 Å². The summed E-state index contributed by atoms with van der Waals surface area (Å²) >= 11 is 0. The van der Waals surface area contributed by atoms with E-state index in [0.29, 0.717) is 17.0 Å². The summed E-state index contributed by atoms with van der Waals surface area (Å²) in [7, 11) is 0.0771. The fraction of sp³-hybridized carbons (Fsp3) is 0.200. The highest BCUT2D eigenvalue weighted by Crippen LogP contribution is 2.04. The maximum Gasteiger partial charge on any atom is 0.488 e. The van der Waals surface area contributed by atoms with E-state index in [9.17, 15) is 4.79 Å². The van der Waals surface area contributed by atoms with Crippen molar-refractivity contribution in [2.24, 2.45) is 7.05 Å². The smallest absolute Gasteiger partial charge is 0.423 e. The molecule has 17 heavy (non-hydrogen) atoms. The third-order valence-corrected chi connectivity index (χ3v) is 2.54. The van der Waals surface area contributed by atoms with Gasteiger partial charge in [-0.1, -0.05) is 12.1 Å². The monoisotopic (exact) mass is 233 g/mol. The number of aryl methyl sites for hydroxylation is 2. The van der Waals surface area contributed by atoms with Crippen LogP contribution in [-0.2, 0) is 7.05 Å². The highest BCUT2D eigenvalue weighted by atomic mass is 16.4. The molecule has 7 heteroatoms. The Morgan fingerprint density at radius 1 is 1.24 bits per heavy atom. The minimum Gasteiger partial charge on any atom is -0.423 e. The van der Waals surface area contributed by atoms with Crippen LogP contribution in [0, 0.1) is 6.92 Å². The molecule has 0 saturated carbocycles. The summed E-state index contributed by atoms with van der Waals surface area (Å²) in [6.45, 7) is 1.73. The van der Waals surface area contributed by atoms with Gasteiger partial charge in [0.15, 0.2) is 0 Å². The molecule has 0 aliphatic heterocycles. The number of nitrogens with zero attached hydrogens (tertiary/aromatic N) is 3. The van der Waals surface area contributed by atoms with Crippen molar-refractivity contribution in [2.75, 3.05) is 0 Å². The highest BCUT2D eigenvalue weighted by molar-refractivity contribution is 6.58. The summed E-state index contributed by atoms with van der Waals surface area (Å²) in [6.07, 6.45) is 0. The van der Waals surface area contributed by atoms with Crippen molar-refractivity contribution in [3.8, 4) is 5.69 Å². The molecule has 1 heterocycles. The predicted molar refractivity (Wildman–Crippen MR) is 63.4 cm³/mol. The van der Waals surface area contributed by atoms with Crippen LogP contribution in [0.1, 0.15) is 5.82 Å². The minimum atomic E-state index is -1.50. The van der Waals surface area contributed by atoms with Crippen molar-refractivity contribution in [3.63, 3.8) is 0 Å². The van der Waals surface area contributed by atoms with Gasteiger partial charge in [-0.25, -0.2) is 14.0 Å². The Morgan fingerprint density at radius 3 is 2.24 bits per heavy atom. The summed E-state index contributed by atoms with van der Waals surface area (Å²) < 4.78 is 2.71. The summed E-state index contributed by atoms with van der Waals surface area (Å²) in [5.74, 6) is 0.579. The Balaban J connectivity index is 2.50. The molecule has 2 aromatic rings. The molecular formula is C10H12BN3O3. The molecule has 0 amide bonds. The second-order valence-electron chi connectivity index (χ2n) is 3.75. The summed E-state index contributed by atoms with van der Waals surface area (Å²) in [5, 5.41) is 22.0. The maximum absolute atomic E-state index is 11.8. The first-order valence-corrected chi connectivity index (χ1v) is 5.10. The Bertz CT molecular complexity index is 586. The average molecular weight is 233 g/mol. The largest absolute Gasteiger partial charge is 0.488 e. The first-order valence-electron chi connectivity index (χ1n) is 5.10. The Morgan fingerprint density at radius 2 is 1.82 bits per heavy atom. The first-order chi connectivity index (χ1) is 8.00. The van der Waals surface area contributed by atoms with Crippen LogP contribution >= 0.6 is 0 Å². The lowest BCUT2D eigenvalue weighted by atomic mass is 9.80. The molecule has 2 N–H and O–H groups in total. The Hall–Kier alpha value is -1.86. The Kier molecular flexibility index (Phi) is 2.87. The molecule has 0 aliphatic carbocycles. The van der Waals surface area contributed by atoms with Crippen LogP contribution in [0.2, 0.25) is 0 Å². The van der Waals surface area contributed by atoms with E-state index in [-0.39, 0.29) is 5.69 Å². The normalized spacial score (nSPS) is 10.6. The maximum atomic E-state index is 11.8. The molecule has 0 spiro atoms. The van der Waals surface area contributed by atoms with Crippen LogP contribution in [0.5, 0.6) is 0 Å². The number of hydrogen-bond acceptors (Lipinski definition) is 4. The fourth-order valence-electron chi connectivity index (χ4n) is 1.68. The lowest BCUT2D eigenvalue weighted by molar-refractivity contribution is 0.426. The summed E-state index contributed by atoms with van der Waals surface area (Å²) in [5.41, 5.74) is 0.785. The number of aromatic nitrogens is 3. The topological polar surface area (TPSA) is 80.3 Å². The Labute approximate surface area is 97.9 Å².